The van der Waals surface area contributed by atoms with Gasteiger partial charge in [0.15, 0.2) is 13.7 Å². The van der Waals surface area contributed by atoms with E-state index >= 15 is 0 Å². The summed E-state index contributed by atoms with van der Waals surface area (Å²) < 4.78 is 0. The molecule has 0 aliphatic carbocycles. The molecular formula is C9H16BN3. The van der Waals surface area contributed by atoms with E-state index < -0.39 is 0 Å². The molecule has 0 amide bonds. The fourth-order valence-electron chi connectivity index (χ4n) is 0.616. The third-order valence-electron chi connectivity index (χ3n) is 1.20. The van der Waals surface area contributed by atoms with Crippen molar-refractivity contribution in [1.29, 1.82) is 0 Å². The maximum absolute atomic E-state index is 4.20. The molecule has 0 aromatic carbocycles. The average Bonchev–Trinajstić information content (AvgIpc) is 1.95. The summed E-state index contributed by atoms with van der Waals surface area (Å²) in [6, 6.07) is 0. The van der Waals surface area contributed by atoms with Crippen LogP contribution in [0.5, 0.6) is 0 Å². The van der Waals surface area contributed by atoms with Crippen molar-refractivity contribution < 1.29 is 0 Å². The first-order valence-electron chi connectivity index (χ1n) is 4.14. The van der Waals surface area contributed by atoms with Gasteiger partial charge in [-0.1, -0.05) is 33.9 Å². The van der Waals surface area contributed by atoms with Gasteiger partial charge in [-0.25, -0.2) is 4.99 Å². The van der Waals surface area contributed by atoms with Crippen LogP contribution in [0.4, 0.5) is 0 Å². The molecule has 0 atom stereocenters. The maximum atomic E-state index is 4.20. The number of aliphatic imine (C=N–C) groups is 1. The summed E-state index contributed by atoms with van der Waals surface area (Å²) in [5, 5.41) is 7.66. The molecule has 3 nitrogen and oxygen atoms in total. The van der Waals surface area contributed by atoms with E-state index in [1.807, 2.05) is 28.6 Å². The second-order valence-electron chi connectivity index (χ2n) is 3.82. The number of rotatable bonds is 2. The van der Waals surface area contributed by atoms with Crippen LogP contribution < -0.4 is 0 Å². The van der Waals surface area contributed by atoms with Gasteiger partial charge in [0.1, 0.15) is 0 Å². The molecule has 0 aliphatic heterocycles. The first-order chi connectivity index (χ1) is 5.88. The monoisotopic (exact) mass is 177 g/mol. The fraction of sp³-hybridized carbons (Fsp3) is 0.444. The Kier molecular flexibility index (Phi) is 4.31. The van der Waals surface area contributed by atoms with Crippen LogP contribution in [-0.2, 0) is 0 Å². The van der Waals surface area contributed by atoms with Crippen molar-refractivity contribution in [3.05, 3.63) is 25.0 Å². The second-order valence-corrected chi connectivity index (χ2v) is 3.82. The highest BCUT2D eigenvalue weighted by atomic mass is 15.1. The third kappa shape index (κ3) is 5.12. The lowest BCUT2D eigenvalue weighted by Crippen LogP contribution is -2.18. The molecule has 0 radical (unpaired) electrons. The molecule has 0 aliphatic rings. The zero-order valence-electron chi connectivity index (χ0n) is 8.83. The second kappa shape index (κ2) is 4.75. The lowest BCUT2D eigenvalue weighted by atomic mass is 9.94. The molecule has 4 heteroatoms. The van der Waals surface area contributed by atoms with Gasteiger partial charge in [0.05, 0.1) is 0 Å². The van der Waals surface area contributed by atoms with Gasteiger partial charge in [0.2, 0.25) is 0 Å². The van der Waals surface area contributed by atoms with Gasteiger partial charge in [0.25, 0.3) is 0 Å². The number of amidine groups is 1. The Morgan fingerprint density at radius 2 is 1.92 bits per heavy atom. The standard InChI is InChI=1S/C9H16BN3/c1-6-11-13-8(9(3,4)5)12-7(2)10/h6H,1-2,10H2,3-5H3/b12-8-,13-11-. The quantitative estimate of drug-likeness (QED) is 0.268. The van der Waals surface area contributed by atoms with Gasteiger partial charge in [0, 0.05) is 11.6 Å². The number of azo groups is 1. The lowest BCUT2D eigenvalue weighted by Gasteiger charge is -2.16. The lowest BCUT2D eigenvalue weighted by molar-refractivity contribution is 0.582. The molecule has 0 saturated heterocycles. The fourth-order valence-corrected chi connectivity index (χ4v) is 0.616. The number of hydrogen-bond donors (Lipinski definition) is 0. The predicted molar refractivity (Wildman–Crippen MR) is 59.6 cm³/mol. The zero-order valence-corrected chi connectivity index (χ0v) is 8.83. The Labute approximate surface area is 80.8 Å². The van der Waals surface area contributed by atoms with Crippen molar-refractivity contribution in [2.75, 3.05) is 0 Å². The highest BCUT2D eigenvalue weighted by molar-refractivity contribution is 6.22. The van der Waals surface area contributed by atoms with E-state index in [0.717, 1.165) is 5.60 Å². The SMILES string of the molecule is BC(=C)/N=C(\N=N/C=C)C(C)(C)C. The molecule has 13 heavy (non-hydrogen) atoms. The predicted octanol–water partition coefficient (Wildman–Crippen LogP) is 2.13. The molecule has 0 unspecified atom stereocenters. The molecule has 0 aromatic heterocycles. The van der Waals surface area contributed by atoms with E-state index in [2.05, 4.69) is 28.4 Å². The Balaban J connectivity index is 4.87. The smallest absolute Gasteiger partial charge is 0.163 e. The summed E-state index contributed by atoms with van der Waals surface area (Å²) in [5.74, 6) is 0.667. The first-order valence-corrected chi connectivity index (χ1v) is 4.14. The largest absolute Gasteiger partial charge is 0.247 e. The molecular weight excluding hydrogens is 161 g/mol. The van der Waals surface area contributed by atoms with Crippen molar-refractivity contribution in [3.8, 4) is 0 Å². The van der Waals surface area contributed by atoms with E-state index in [0.29, 0.717) is 5.84 Å². The van der Waals surface area contributed by atoms with Gasteiger partial charge < -0.3 is 0 Å². The summed E-state index contributed by atoms with van der Waals surface area (Å²) >= 11 is 0. The van der Waals surface area contributed by atoms with E-state index in [9.17, 15) is 0 Å². The van der Waals surface area contributed by atoms with Crippen LogP contribution in [0.1, 0.15) is 20.8 Å². The van der Waals surface area contributed by atoms with Crippen molar-refractivity contribution in [1.82, 2.24) is 0 Å². The molecule has 0 aromatic rings. The van der Waals surface area contributed by atoms with Crippen LogP contribution >= 0.6 is 0 Å². The number of nitrogens with zero attached hydrogens (tertiary/aromatic N) is 3. The van der Waals surface area contributed by atoms with Crippen LogP contribution in [0.2, 0.25) is 0 Å². The molecule has 0 rings (SSSR count). The van der Waals surface area contributed by atoms with Crippen LogP contribution in [-0.4, -0.2) is 13.7 Å². The molecule has 0 saturated carbocycles. The summed E-state index contributed by atoms with van der Waals surface area (Å²) in [6.45, 7) is 13.2. The Morgan fingerprint density at radius 3 is 2.23 bits per heavy atom. The van der Waals surface area contributed by atoms with Gasteiger partial charge in [-0.15, -0.1) is 5.11 Å². The van der Waals surface area contributed by atoms with Gasteiger partial charge in [-0.2, -0.15) is 5.11 Å². The van der Waals surface area contributed by atoms with Crippen molar-refractivity contribution >= 4 is 13.7 Å². The Bertz CT molecular complexity index is 259. The minimum atomic E-state index is -0.120. The maximum Gasteiger partial charge on any atom is 0.163 e. The minimum absolute atomic E-state index is 0.120. The zero-order chi connectivity index (χ0) is 10.5. The van der Waals surface area contributed by atoms with E-state index in [-0.39, 0.29) is 5.41 Å². The van der Waals surface area contributed by atoms with E-state index in [1.54, 1.807) is 0 Å². The minimum Gasteiger partial charge on any atom is -0.247 e. The van der Waals surface area contributed by atoms with E-state index in [1.165, 1.54) is 6.20 Å². The summed E-state index contributed by atoms with van der Waals surface area (Å²) in [5.41, 5.74) is 0.610. The van der Waals surface area contributed by atoms with E-state index in [4.69, 9.17) is 0 Å². The third-order valence-corrected chi connectivity index (χ3v) is 1.20. The molecule has 0 bridgehead atoms. The number of hydrogen-bond acceptors (Lipinski definition) is 2. The molecule has 0 fully saturated rings. The van der Waals surface area contributed by atoms with Crippen LogP contribution in [0.15, 0.2) is 40.2 Å². The molecule has 0 spiro atoms. The van der Waals surface area contributed by atoms with Gasteiger partial charge in [-0.05, 0) is 5.60 Å². The van der Waals surface area contributed by atoms with Crippen molar-refractivity contribution in [2.24, 2.45) is 20.6 Å². The van der Waals surface area contributed by atoms with Crippen LogP contribution in [0.3, 0.4) is 0 Å². The highest BCUT2D eigenvalue weighted by Crippen LogP contribution is 2.18. The molecule has 0 N–H and O–H groups in total. The Hall–Kier alpha value is -1.19. The summed E-state index contributed by atoms with van der Waals surface area (Å²) in [6.07, 6.45) is 1.39. The van der Waals surface area contributed by atoms with Gasteiger partial charge in [-0.3, -0.25) is 0 Å². The van der Waals surface area contributed by atoms with Gasteiger partial charge >= 0.3 is 0 Å². The summed E-state index contributed by atoms with van der Waals surface area (Å²) in [7, 11) is 1.83. The Morgan fingerprint density at radius 1 is 1.38 bits per heavy atom. The first kappa shape index (κ1) is 11.8. The molecule has 70 valence electrons. The van der Waals surface area contributed by atoms with Crippen LogP contribution in [0, 0.1) is 5.41 Å². The summed E-state index contributed by atoms with van der Waals surface area (Å²) in [4.78, 5) is 4.20. The average molecular weight is 177 g/mol. The highest BCUT2D eigenvalue weighted by Gasteiger charge is 2.18. The van der Waals surface area contributed by atoms with Crippen LogP contribution in [0.25, 0.3) is 0 Å². The van der Waals surface area contributed by atoms with Crippen molar-refractivity contribution in [2.45, 2.75) is 20.8 Å². The normalized spacial score (nSPS) is 13.3. The topological polar surface area (TPSA) is 37.1 Å². The van der Waals surface area contributed by atoms with Crippen molar-refractivity contribution in [3.63, 3.8) is 0 Å². The molecule has 0 heterocycles.